The maximum absolute atomic E-state index is 6.20. The van der Waals surface area contributed by atoms with Crippen LogP contribution >= 0.6 is 27.5 Å². The fraction of sp³-hybridized carbons (Fsp3) is 0.286. The predicted molar refractivity (Wildman–Crippen MR) is 83.3 cm³/mol. The first-order valence-electron chi connectivity index (χ1n) is 6.04. The minimum absolute atomic E-state index is 0.269. The molecular formula is C14H15BrClN3. The van der Waals surface area contributed by atoms with Gasteiger partial charge < -0.3 is 5.32 Å². The molecule has 1 aromatic carbocycles. The molecule has 0 saturated carbocycles. The van der Waals surface area contributed by atoms with Crippen LogP contribution in [0, 0.1) is 6.92 Å². The number of hydrogen-bond acceptors (Lipinski definition) is 3. The van der Waals surface area contributed by atoms with Crippen molar-refractivity contribution in [2.45, 2.75) is 26.7 Å². The van der Waals surface area contributed by atoms with Gasteiger partial charge in [0.25, 0.3) is 0 Å². The first-order valence-corrected chi connectivity index (χ1v) is 7.21. The molecule has 3 nitrogen and oxygen atoms in total. The van der Waals surface area contributed by atoms with E-state index in [2.05, 4.69) is 45.1 Å². The molecule has 0 amide bonds. The number of aromatic nitrogens is 2. The van der Waals surface area contributed by atoms with E-state index >= 15 is 0 Å². The van der Waals surface area contributed by atoms with Gasteiger partial charge in [0.2, 0.25) is 0 Å². The van der Waals surface area contributed by atoms with Crippen LogP contribution in [0.25, 0.3) is 0 Å². The average molecular weight is 341 g/mol. The lowest BCUT2D eigenvalue weighted by Crippen LogP contribution is -2.03. The van der Waals surface area contributed by atoms with Crippen molar-refractivity contribution in [1.82, 2.24) is 9.97 Å². The highest BCUT2D eigenvalue weighted by Gasteiger charge is 2.09. The second-order valence-corrected chi connectivity index (χ2v) is 5.87. The summed E-state index contributed by atoms with van der Waals surface area (Å²) in [5, 5.41) is 3.94. The predicted octanol–water partition coefficient (Wildman–Crippen LogP) is 5.07. The van der Waals surface area contributed by atoms with E-state index in [9.17, 15) is 0 Å². The van der Waals surface area contributed by atoms with Crippen molar-refractivity contribution in [3.05, 3.63) is 45.3 Å². The van der Waals surface area contributed by atoms with Gasteiger partial charge in [-0.3, -0.25) is 0 Å². The van der Waals surface area contributed by atoms with Crippen LogP contribution in [0.4, 0.5) is 11.5 Å². The summed E-state index contributed by atoms with van der Waals surface area (Å²) >= 11 is 9.61. The zero-order valence-electron chi connectivity index (χ0n) is 11.0. The number of aryl methyl sites for hydroxylation is 1. The molecule has 2 aromatic rings. The largest absolute Gasteiger partial charge is 0.339 e. The standard InChI is InChI=1S/C14H15BrClN3/c1-8(2)14-17-11(15)7-12(19-14)18-13-9(3)5-4-6-10(13)16/h4-8H,1-3H3,(H,17,18,19). The Bertz CT molecular complexity index is 579. The Morgan fingerprint density at radius 1 is 1.26 bits per heavy atom. The lowest BCUT2D eigenvalue weighted by atomic mass is 10.2. The number of nitrogens with zero attached hydrogens (tertiary/aromatic N) is 2. The van der Waals surface area contributed by atoms with Crippen molar-refractivity contribution < 1.29 is 0 Å². The third-order valence-electron chi connectivity index (χ3n) is 2.70. The molecule has 0 aliphatic heterocycles. The van der Waals surface area contributed by atoms with Gasteiger partial charge in [0, 0.05) is 12.0 Å². The third-order valence-corrected chi connectivity index (χ3v) is 3.42. The highest BCUT2D eigenvalue weighted by Crippen LogP contribution is 2.29. The van der Waals surface area contributed by atoms with Crippen LogP contribution in [0.3, 0.4) is 0 Å². The SMILES string of the molecule is Cc1cccc(Cl)c1Nc1cc(Br)nc(C(C)C)n1. The lowest BCUT2D eigenvalue weighted by molar-refractivity contribution is 0.771. The van der Waals surface area contributed by atoms with Gasteiger partial charge in [-0.15, -0.1) is 0 Å². The van der Waals surface area contributed by atoms with Crippen molar-refractivity contribution in [2.24, 2.45) is 0 Å². The van der Waals surface area contributed by atoms with E-state index in [1.54, 1.807) is 0 Å². The van der Waals surface area contributed by atoms with E-state index in [4.69, 9.17) is 11.6 Å². The summed E-state index contributed by atoms with van der Waals surface area (Å²) in [5.41, 5.74) is 1.96. The molecule has 5 heteroatoms. The minimum Gasteiger partial charge on any atom is -0.339 e. The monoisotopic (exact) mass is 339 g/mol. The molecule has 100 valence electrons. The number of benzene rings is 1. The van der Waals surface area contributed by atoms with E-state index in [1.807, 2.05) is 31.2 Å². The molecule has 1 N–H and O–H groups in total. The summed E-state index contributed by atoms with van der Waals surface area (Å²) in [6.07, 6.45) is 0. The highest BCUT2D eigenvalue weighted by molar-refractivity contribution is 9.10. The molecular weight excluding hydrogens is 326 g/mol. The first-order chi connectivity index (χ1) is 8.97. The summed E-state index contributed by atoms with van der Waals surface area (Å²) in [7, 11) is 0. The number of anilines is 2. The maximum atomic E-state index is 6.20. The number of para-hydroxylation sites is 1. The van der Waals surface area contributed by atoms with Crippen LogP contribution in [0.1, 0.15) is 31.2 Å². The fourth-order valence-electron chi connectivity index (χ4n) is 1.68. The molecule has 1 aromatic heterocycles. The number of rotatable bonds is 3. The molecule has 19 heavy (non-hydrogen) atoms. The minimum atomic E-state index is 0.269. The van der Waals surface area contributed by atoms with Crippen molar-refractivity contribution in [3.63, 3.8) is 0 Å². The molecule has 0 radical (unpaired) electrons. The smallest absolute Gasteiger partial charge is 0.135 e. The van der Waals surface area contributed by atoms with Gasteiger partial charge in [-0.25, -0.2) is 9.97 Å². The molecule has 0 spiro atoms. The molecule has 0 saturated heterocycles. The highest BCUT2D eigenvalue weighted by atomic mass is 79.9. The Kier molecular flexibility index (Phi) is 4.42. The topological polar surface area (TPSA) is 37.8 Å². The van der Waals surface area contributed by atoms with Crippen molar-refractivity contribution in [3.8, 4) is 0 Å². The summed E-state index contributed by atoms with van der Waals surface area (Å²) < 4.78 is 0.762. The number of hydrogen-bond donors (Lipinski definition) is 1. The second kappa shape index (κ2) is 5.88. The van der Waals surface area contributed by atoms with Gasteiger partial charge in [0.15, 0.2) is 0 Å². The zero-order chi connectivity index (χ0) is 14.0. The summed E-state index contributed by atoms with van der Waals surface area (Å²) in [5.74, 6) is 1.80. The molecule has 2 rings (SSSR count). The van der Waals surface area contributed by atoms with Crippen molar-refractivity contribution >= 4 is 39.0 Å². The molecule has 0 aliphatic carbocycles. The van der Waals surface area contributed by atoms with Gasteiger partial charge in [-0.2, -0.15) is 0 Å². The van der Waals surface area contributed by atoms with Gasteiger partial charge in [0.1, 0.15) is 16.2 Å². The summed E-state index contributed by atoms with van der Waals surface area (Å²) in [6.45, 7) is 6.13. The molecule has 0 unspecified atom stereocenters. The number of nitrogens with one attached hydrogen (secondary N) is 1. The Hall–Kier alpha value is -1.13. The normalized spacial score (nSPS) is 10.8. The van der Waals surface area contributed by atoms with Gasteiger partial charge >= 0.3 is 0 Å². The quantitative estimate of drug-likeness (QED) is 0.793. The Labute approximate surface area is 126 Å². The maximum Gasteiger partial charge on any atom is 0.135 e. The van der Waals surface area contributed by atoms with E-state index in [0.29, 0.717) is 5.02 Å². The lowest BCUT2D eigenvalue weighted by Gasteiger charge is -2.12. The van der Waals surface area contributed by atoms with Gasteiger partial charge in [-0.1, -0.05) is 37.6 Å². The molecule has 0 aliphatic rings. The van der Waals surface area contributed by atoms with Crippen molar-refractivity contribution in [1.29, 1.82) is 0 Å². The van der Waals surface area contributed by atoms with Crippen LogP contribution in [0.5, 0.6) is 0 Å². The molecule has 0 fully saturated rings. The number of halogens is 2. The van der Waals surface area contributed by atoms with Crippen molar-refractivity contribution in [2.75, 3.05) is 5.32 Å². The summed E-state index contributed by atoms with van der Waals surface area (Å²) in [6, 6.07) is 7.64. The van der Waals surface area contributed by atoms with Crippen LogP contribution in [-0.2, 0) is 0 Å². The summed E-state index contributed by atoms with van der Waals surface area (Å²) in [4.78, 5) is 8.85. The van der Waals surface area contributed by atoms with Crippen LogP contribution in [0.15, 0.2) is 28.9 Å². The van der Waals surface area contributed by atoms with E-state index in [1.165, 1.54) is 0 Å². The molecule has 1 heterocycles. The Morgan fingerprint density at radius 3 is 2.63 bits per heavy atom. The van der Waals surface area contributed by atoms with E-state index < -0.39 is 0 Å². The molecule has 0 bridgehead atoms. The second-order valence-electron chi connectivity index (χ2n) is 4.65. The first kappa shape index (κ1) is 14.3. The fourth-order valence-corrected chi connectivity index (χ4v) is 2.34. The zero-order valence-corrected chi connectivity index (χ0v) is 13.4. The van der Waals surface area contributed by atoms with E-state index in [0.717, 1.165) is 27.5 Å². The van der Waals surface area contributed by atoms with Crippen LogP contribution < -0.4 is 5.32 Å². The van der Waals surface area contributed by atoms with Gasteiger partial charge in [-0.05, 0) is 34.5 Å². The third kappa shape index (κ3) is 3.45. The van der Waals surface area contributed by atoms with Gasteiger partial charge in [0.05, 0.1) is 10.7 Å². The van der Waals surface area contributed by atoms with Crippen LogP contribution in [-0.4, -0.2) is 9.97 Å². The Balaban J connectivity index is 2.38. The average Bonchev–Trinajstić information content (AvgIpc) is 2.33. The van der Waals surface area contributed by atoms with E-state index in [-0.39, 0.29) is 5.92 Å². The Morgan fingerprint density at radius 2 is 2.00 bits per heavy atom. The van der Waals surface area contributed by atoms with Crippen LogP contribution in [0.2, 0.25) is 5.02 Å². The molecule has 0 atom stereocenters.